The standard InChI is InChI=1S/C33H46O7S2Si/c1-32(2,3)43(7,8)40-22-23-41-31(25-39-42(6,34)35)24-38-33(26-12-10-9-11-13-26,27-14-18-29(36-4)19-15-27)28-16-20-30(37-5)21-17-28/h9-21,31H,22-25H2,1-8H3. The zero-order valence-corrected chi connectivity index (χ0v) is 29.2. The molecule has 0 amide bonds. The normalized spacial score (nSPS) is 13.5. The molecule has 43 heavy (non-hydrogen) atoms. The molecule has 0 aromatic heterocycles. The Kier molecular flexibility index (Phi) is 12.3. The van der Waals surface area contributed by atoms with Crippen molar-refractivity contribution in [1.82, 2.24) is 0 Å². The fourth-order valence-electron chi connectivity index (χ4n) is 4.36. The van der Waals surface area contributed by atoms with Gasteiger partial charge in [-0.1, -0.05) is 75.4 Å². The number of rotatable bonds is 16. The van der Waals surface area contributed by atoms with Crippen LogP contribution in [0.2, 0.25) is 18.1 Å². The molecule has 236 valence electrons. The fraction of sp³-hybridized carbons (Fsp3) is 0.455. The van der Waals surface area contributed by atoms with E-state index >= 15 is 0 Å². The van der Waals surface area contributed by atoms with Crippen molar-refractivity contribution in [3.8, 4) is 11.5 Å². The average molecular weight is 647 g/mol. The highest BCUT2D eigenvalue weighted by Crippen LogP contribution is 2.42. The molecule has 0 saturated heterocycles. The minimum atomic E-state index is -3.64. The van der Waals surface area contributed by atoms with Crippen LogP contribution in [-0.4, -0.2) is 68.0 Å². The van der Waals surface area contributed by atoms with E-state index in [2.05, 4.69) is 33.9 Å². The Morgan fingerprint density at radius 3 is 1.70 bits per heavy atom. The van der Waals surface area contributed by atoms with E-state index in [1.807, 2.05) is 78.9 Å². The molecule has 3 rings (SSSR count). The summed E-state index contributed by atoms with van der Waals surface area (Å²) < 4.78 is 53.5. The Balaban J connectivity index is 1.99. The van der Waals surface area contributed by atoms with Gasteiger partial charge < -0.3 is 18.6 Å². The highest BCUT2D eigenvalue weighted by molar-refractivity contribution is 8.00. The van der Waals surface area contributed by atoms with Crippen LogP contribution in [-0.2, 0) is 29.1 Å². The quantitative estimate of drug-likeness (QED) is 0.0705. The topological polar surface area (TPSA) is 80.3 Å². The van der Waals surface area contributed by atoms with E-state index in [4.69, 9.17) is 22.8 Å². The van der Waals surface area contributed by atoms with Crippen LogP contribution < -0.4 is 9.47 Å². The Morgan fingerprint density at radius 2 is 1.26 bits per heavy atom. The van der Waals surface area contributed by atoms with E-state index in [-0.39, 0.29) is 23.5 Å². The lowest BCUT2D eigenvalue weighted by atomic mass is 9.80. The van der Waals surface area contributed by atoms with Crippen molar-refractivity contribution in [2.24, 2.45) is 0 Å². The van der Waals surface area contributed by atoms with Crippen molar-refractivity contribution in [2.45, 2.75) is 49.8 Å². The Labute approximate surface area is 263 Å². The summed E-state index contributed by atoms with van der Waals surface area (Å²) >= 11 is 1.59. The third kappa shape index (κ3) is 9.57. The number of benzene rings is 3. The summed E-state index contributed by atoms with van der Waals surface area (Å²) in [6, 6.07) is 25.7. The minimum Gasteiger partial charge on any atom is -0.497 e. The molecule has 7 nitrogen and oxygen atoms in total. The summed E-state index contributed by atoms with van der Waals surface area (Å²) in [7, 11) is -2.28. The molecule has 0 fully saturated rings. The van der Waals surface area contributed by atoms with E-state index < -0.39 is 24.0 Å². The monoisotopic (exact) mass is 646 g/mol. The highest BCUT2D eigenvalue weighted by atomic mass is 32.2. The molecule has 0 saturated carbocycles. The maximum Gasteiger partial charge on any atom is 0.264 e. The SMILES string of the molecule is COc1ccc(C(OCC(COS(C)(=O)=O)SCCO[Si](C)(C)C(C)(C)C)(c2ccccc2)c2ccc(OC)cc2)cc1. The van der Waals surface area contributed by atoms with Crippen LogP contribution in [0.15, 0.2) is 78.9 Å². The van der Waals surface area contributed by atoms with Crippen molar-refractivity contribution in [3.05, 3.63) is 95.6 Å². The van der Waals surface area contributed by atoms with Crippen LogP contribution in [0.25, 0.3) is 0 Å². The summed E-state index contributed by atoms with van der Waals surface area (Å²) in [6.45, 7) is 11.9. The second-order valence-electron chi connectivity index (χ2n) is 11.9. The van der Waals surface area contributed by atoms with Gasteiger partial charge >= 0.3 is 0 Å². The van der Waals surface area contributed by atoms with E-state index in [1.54, 1.807) is 26.0 Å². The van der Waals surface area contributed by atoms with Gasteiger partial charge in [0, 0.05) is 12.4 Å². The lowest BCUT2D eigenvalue weighted by molar-refractivity contribution is 0.00997. The van der Waals surface area contributed by atoms with E-state index in [0.29, 0.717) is 12.4 Å². The third-order valence-corrected chi connectivity index (χ3v) is 14.1. The summed E-state index contributed by atoms with van der Waals surface area (Å²) in [5, 5.41) is -0.177. The van der Waals surface area contributed by atoms with Crippen molar-refractivity contribution in [2.75, 3.05) is 46.0 Å². The first kappa shape index (κ1) is 35.1. The molecule has 1 atom stereocenters. The number of ether oxygens (including phenoxy) is 3. The smallest absolute Gasteiger partial charge is 0.264 e. The summed E-state index contributed by atoms with van der Waals surface area (Å²) in [6.07, 6.45) is 1.07. The van der Waals surface area contributed by atoms with Crippen LogP contribution in [0.5, 0.6) is 11.5 Å². The molecule has 3 aromatic carbocycles. The van der Waals surface area contributed by atoms with Gasteiger partial charge in [-0.05, 0) is 59.1 Å². The van der Waals surface area contributed by atoms with Gasteiger partial charge in [-0.25, -0.2) is 0 Å². The summed E-state index contributed by atoms with van der Waals surface area (Å²) in [5.74, 6) is 2.14. The molecule has 0 aliphatic rings. The van der Waals surface area contributed by atoms with Crippen LogP contribution in [0.3, 0.4) is 0 Å². The lowest BCUT2D eigenvalue weighted by Gasteiger charge is -2.37. The second-order valence-corrected chi connectivity index (χ2v) is 19.8. The Morgan fingerprint density at radius 1 is 0.767 bits per heavy atom. The largest absolute Gasteiger partial charge is 0.497 e. The molecule has 0 bridgehead atoms. The van der Waals surface area contributed by atoms with Crippen molar-refractivity contribution >= 4 is 30.2 Å². The Hall–Kier alpha value is -2.34. The zero-order chi connectivity index (χ0) is 31.7. The Bertz CT molecular complexity index is 1320. The van der Waals surface area contributed by atoms with Crippen LogP contribution in [0, 0.1) is 0 Å². The molecule has 3 aromatic rings. The maximum absolute atomic E-state index is 12.0. The molecule has 0 spiro atoms. The van der Waals surface area contributed by atoms with Gasteiger partial charge in [-0.2, -0.15) is 20.2 Å². The van der Waals surface area contributed by atoms with Gasteiger partial charge in [0.05, 0.1) is 38.9 Å². The van der Waals surface area contributed by atoms with Gasteiger partial charge in [-0.3, -0.25) is 4.18 Å². The summed E-state index contributed by atoms with van der Waals surface area (Å²) in [5.41, 5.74) is 1.72. The first-order chi connectivity index (χ1) is 20.2. The van der Waals surface area contributed by atoms with E-state index in [9.17, 15) is 8.42 Å². The predicted molar refractivity (Wildman–Crippen MR) is 178 cm³/mol. The van der Waals surface area contributed by atoms with Gasteiger partial charge in [0.25, 0.3) is 10.1 Å². The number of methoxy groups -OCH3 is 2. The average Bonchev–Trinajstić information content (AvgIpc) is 2.98. The van der Waals surface area contributed by atoms with Gasteiger partial charge in [0.1, 0.15) is 17.1 Å². The summed E-state index contributed by atoms with van der Waals surface area (Å²) in [4.78, 5) is 0. The van der Waals surface area contributed by atoms with Gasteiger partial charge in [-0.15, -0.1) is 0 Å². The molecule has 0 radical (unpaired) electrons. The first-order valence-corrected chi connectivity index (χ1v) is 20.1. The van der Waals surface area contributed by atoms with Crippen LogP contribution >= 0.6 is 11.8 Å². The molecular formula is C33H46O7S2Si. The predicted octanol–water partition coefficient (Wildman–Crippen LogP) is 7.11. The third-order valence-electron chi connectivity index (χ3n) is 7.83. The molecule has 1 unspecified atom stereocenters. The van der Waals surface area contributed by atoms with Gasteiger partial charge in [0.15, 0.2) is 8.32 Å². The van der Waals surface area contributed by atoms with E-state index in [0.717, 1.165) is 34.4 Å². The molecular weight excluding hydrogens is 601 g/mol. The van der Waals surface area contributed by atoms with Crippen LogP contribution in [0.1, 0.15) is 37.5 Å². The molecule has 0 N–H and O–H groups in total. The van der Waals surface area contributed by atoms with Gasteiger partial charge in [0.2, 0.25) is 0 Å². The number of hydrogen-bond acceptors (Lipinski definition) is 8. The first-order valence-electron chi connectivity index (χ1n) is 14.3. The maximum atomic E-state index is 12.0. The van der Waals surface area contributed by atoms with Crippen LogP contribution in [0.4, 0.5) is 0 Å². The number of thioether (sulfide) groups is 1. The molecule has 0 aliphatic carbocycles. The second kappa shape index (κ2) is 15.1. The molecule has 0 heterocycles. The minimum absolute atomic E-state index is 0.0142. The molecule has 10 heteroatoms. The van der Waals surface area contributed by atoms with E-state index in [1.165, 1.54) is 0 Å². The number of hydrogen-bond donors (Lipinski definition) is 0. The fourth-order valence-corrected chi connectivity index (χ4v) is 6.90. The lowest BCUT2D eigenvalue weighted by Crippen LogP contribution is -2.41. The van der Waals surface area contributed by atoms with Crippen molar-refractivity contribution in [3.63, 3.8) is 0 Å². The highest BCUT2D eigenvalue weighted by Gasteiger charge is 2.39. The van der Waals surface area contributed by atoms with Crippen molar-refractivity contribution < 1.29 is 31.2 Å². The molecule has 0 aliphatic heterocycles. The van der Waals surface area contributed by atoms with Crippen molar-refractivity contribution in [1.29, 1.82) is 0 Å². The zero-order valence-electron chi connectivity index (χ0n) is 26.6.